The van der Waals surface area contributed by atoms with Crippen LogP contribution in [0.1, 0.15) is 29.2 Å². The van der Waals surface area contributed by atoms with Crippen LogP contribution in [0, 0.1) is 13.8 Å². The van der Waals surface area contributed by atoms with Crippen molar-refractivity contribution >= 4 is 15.9 Å². The summed E-state index contributed by atoms with van der Waals surface area (Å²) in [6.07, 6.45) is 0.849. The Labute approximate surface area is 124 Å². The van der Waals surface area contributed by atoms with Gasteiger partial charge in [0.25, 0.3) is 0 Å². The molecule has 1 atom stereocenters. The highest BCUT2D eigenvalue weighted by Gasteiger charge is 2.23. The number of aryl methyl sites for hydroxylation is 2. The predicted molar refractivity (Wildman–Crippen MR) is 85.3 cm³/mol. The van der Waals surface area contributed by atoms with Crippen LogP contribution in [0.5, 0.6) is 0 Å². The van der Waals surface area contributed by atoms with E-state index >= 15 is 0 Å². The number of hydrogen-bond donors (Lipinski definition) is 1. The van der Waals surface area contributed by atoms with Crippen LogP contribution >= 0.6 is 15.9 Å². The fourth-order valence-electron chi connectivity index (χ4n) is 2.44. The summed E-state index contributed by atoms with van der Waals surface area (Å²) >= 11 is 3.51. The zero-order valence-corrected chi connectivity index (χ0v) is 13.3. The molecule has 2 aromatic rings. The Morgan fingerprint density at radius 2 is 1.63 bits per heavy atom. The summed E-state index contributed by atoms with van der Waals surface area (Å²) in [7, 11) is 0. The average molecular weight is 318 g/mol. The Hall–Kier alpha value is -1.12. The van der Waals surface area contributed by atoms with Crippen molar-refractivity contribution in [2.24, 2.45) is 5.73 Å². The van der Waals surface area contributed by atoms with E-state index in [9.17, 15) is 0 Å². The van der Waals surface area contributed by atoms with Crippen molar-refractivity contribution in [3.8, 4) is 0 Å². The number of halogens is 1. The minimum atomic E-state index is -0.360. The van der Waals surface area contributed by atoms with Crippen LogP contribution in [0.25, 0.3) is 0 Å². The van der Waals surface area contributed by atoms with E-state index in [4.69, 9.17) is 5.73 Å². The van der Waals surface area contributed by atoms with Gasteiger partial charge < -0.3 is 5.73 Å². The Morgan fingerprint density at radius 1 is 1.05 bits per heavy atom. The second-order valence-electron chi connectivity index (χ2n) is 5.47. The van der Waals surface area contributed by atoms with Crippen LogP contribution in [0.15, 0.2) is 46.9 Å². The Balaban J connectivity index is 2.36. The third kappa shape index (κ3) is 3.26. The molecule has 19 heavy (non-hydrogen) atoms. The highest BCUT2D eigenvalue weighted by atomic mass is 79.9. The van der Waals surface area contributed by atoms with Crippen molar-refractivity contribution in [3.05, 3.63) is 69.2 Å². The molecule has 2 aromatic carbocycles. The summed E-state index contributed by atoms with van der Waals surface area (Å²) in [6, 6.07) is 14.7. The molecule has 0 aliphatic rings. The van der Waals surface area contributed by atoms with Crippen molar-refractivity contribution < 1.29 is 0 Å². The zero-order chi connectivity index (χ0) is 14.0. The van der Waals surface area contributed by atoms with Gasteiger partial charge in [0.2, 0.25) is 0 Å². The normalized spacial score (nSPS) is 14.2. The summed E-state index contributed by atoms with van der Waals surface area (Å²) < 4.78 is 1.07. The fraction of sp³-hybridized carbons (Fsp3) is 0.294. The van der Waals surface area contributed by atoms with Crippen molar-refractivity contribution in [2.75, 3.05) is 0 Å². The molecule has 2 N–H and O–H groups in total. The molecule has 0 heterocycles. The summed E-state index contributed by atoms with van der Waals surface area (Å²) in [5, 5.41) is 0. The van der Waals surface area contributed by atoms with Crippen molar-refractivity contribution in [1.29, 1.82) is 0 Å². The average Bonchev–Trinajstić information content (AvgIpc) is 2.34. The number of nitrogens with two attached hydrogens (primary N) is 1. The second-order valence-corrected chi connectivity index (χ2v) is 6.39. The maximum absolute atomic E-state index is 6.56. The monoisotopic (exact) mass is 317 g/mol. The molecule has 0 saturated carbocycles. The third-order valence-electron chi connectivity index (χ3n) is 3.67. The van der Waals surface area contributed by atoms with Gasteiger partial charge in [-0.2, -0.15) is 0 Å². The molecule has 2 heteroatoms. The van der Waals surface area contributed by atoms with Crippen LogP contribution in [-0.2, 0) is 12.0 Å². The predicted octanol–water partition coefficient (Wildman–Crippen LogP) is 4.48. The first-order chi connectivity index (χ1) is 8.90. The van der Waals surface area contributed by atoms with E-state index in [-0.39, 0.29) is 5.54 Å². The molecule has 0 spiro atoms. The lowest BCUT2D eigenvalue weighted by Gasteiger charge is -2.27. The van der Waals surface area contributed by atoms with Crippen molar-refractivity contribution in [2.45, 2.75) is 32.7 Å². The molecule has 0 aliphatic heterocycles. The molecule has 0 fully saturated rings. The molecular formula is C17H20BrN. The van der Waals surface area contributed by atoms with E-state index in [0.717, 1.165) is 16.5 Å². The fourth-order valence-corrected chi connectivity index (χ4v) is 2.84. The molecule has 0 bridgehead atoms. The smallest absolute Gasteiger partial charge is 0.0422 e. The van der Waals surface area contributed by atoms with Crippen LogP contribution in [0.4, 0.5) is 0 Å². The van der Waals surface area contributed by atoms with E-state index in [1.807, 2.05) is 12.1 Å². The van der Waals surface area contributed by atoms with Gasteiger partial charge in [-0.05, 0) is 61.6 Å². The Morgan fingerprint density at radius 3 is 2.21 bits per heavy atom. The third-order valence-corrected chi connectivity index (χ3v) is 4.17. The minimum absolute atomic E-state index is 0.360. The van der Waals surface area contributed by atoms with Gasteiger partial charge in [-0.1, -0.05) is 46.3 Å². The van der Waals surface area contributed by atoms with Crippen molar-refractivity contribution in [3.63, 3.8) is 0 Å². The highest BCUT2D eigenvalue weighted by molar-refractivity contribution is 9.10. The van der Waals surface area contributed by atoms with E-state index in [2.05, 4.69) is 67.0 Å². The zero-order valence-electron chi connectivity index (χ0n) is 11.7. The summed E-state index contributed by atoms with van der Waals surface area (Å²) in [4.78, 5) is 0. The van der Waals surface area contributed by atoms with Gasteiger partial charge in [0, 0.05) is 10.0 Å². The largest absolute Gasteiger partial charge is 0.321 e. The molecule has 0 amide bonds. The molecule has 1 nitrogen and oxygen atoms in total. The minimum Gasteiger partial charge on any atom is -0.321 e. The van der Waals surface area contributed by atoms with Crippen molar-refractivity contribution in [1.82, 2.24) is 0 Å². The van der Waals surface area contributed by atoms with E-state index < -0.39 is 0 Å². The molecule has 0 saturated heterocycles. The SMILES string of the molecule is Cc1cccc(C)c1CC(C)(N)c1cccc(Br)c1. The van der Waals surface area contributed by atoms with Crippen LogP contribution in [-0.4, -0.2) is 0 Å². The van der Waals surface area contributed by atoms with Gasteiger partial charge in [-0.15, -0.1) is 0 Å². The quantitative estimate of drug-likeness (QED) is 0.887. The molecule has 0 radical (unpaired) electrons. The van der Waals surface area contributed by atoms with Crippen LogP contribution < -0.4 is 5.73 Å². The molecule has 2 rings (SSSR count). The van der Waals surface area contributed by atoms with Gasteiger partial charge >= 0.3 is 0 Å². The van der Waals surface area contributed by atoms with Crippen LogP contribution in [0.2, 0.25) is 0 Å². The first-order valence-corrected chi connectivity index (χ1v) is 7.29. The lowest BCUT2D eigenvalue weighted by Crippen LogP contribution is -2.36. The summed E-state index contributed by atoms with van der Waals surface area (Å²) in [5.41, 5.74) is 11.3. The second kappa shape index (κ2) is 5.48. The van der Waals surface area contributed by atoms with Gasteiger partial charge in [-0.25, -0.2) is 0 Å². The number of hydrogen-bond acceptors (Lipinski definition) is 1. The lowest BCUT2D eigenvalue weighted by molar-refractivity contribution is 0.489. The van der Waals surface area contributed by atoms with Crippen LogP contribution in [0.3, 0.4) is 0 Å². The summed E-state index contributed by atoms with van der Waals surface area (Å²) in [6.45, 7) is 6.40. The Bertz CT molecular complexity index is 567. The molecular weight excluding hydrogens is 298 g/mol. The highest BCUT2D eigenvalue weighted by Crippen LogP contribution is 2.27. The molecule has 100 valence electrons. The molecule has 1 unspecified atom stereocenters. The van der Waals surface area contributed by atoms with E-state index in [1.165, 1.54) is 16.7 Å². The van der Waals surface area contributed by atoms with Gasteiger partial charge in [0.1, 0.15) is 0 Å². The lowest BCUT2D eigenvalue weighted by atomic mass is 9.84. The first-order valence-electron chi connectivity index (χ1n) is 6.50. The van der Waals surface area contributed by atoms with E-state index in [0.29, 0.717) is 0 Å². The van der Waals surface area contributed by atoms with Gasteiger partial charge in [0.05, 0.1) is 0 Å². The number of benzene rings is 2. The van der Waals surface area contributed by atoms with E-state index in [1.54, 1.807) is 0 Å². The van der Waals surface area contributed by atoms with Gasteiger partial charge in [-0.3, -0.25) is 0 Å². The standard InChI is InChI=1S/C17H20BrN/c1-12-6-4-7-13(2)16(12)11-17(3,19)14-8-5-9-15(18)10-14/h4-10H,11,19H2,1-3H3. The molecule has 0 aliphatic carbocycles. The maximum Gasteiger partial charge on any atom is 0.0422 e. The van der Waals surface area contributed by atoms with Gasteiger partial charge in [0.15, 0.2) is 0 Å². The Kier molecular flexibility index (Phi) is 4.12. The molecule has 0 aromatic heterocycles. The topological polar surface area (TPSA) is 26.0 Å². The summed E-state index contributed by atoms with van der Waals surface area (Å²) in [5.74, 6) is 0. The first kappa shape index (κ1) is 14.3. The maximum atomic E-state index is 6.56. The number of rotatable bonds is 3.